The van der Waals surface area contributed by atoms with Crippen LogP contribution < -0.4 is 11.1 Å². The van der Waals surface area contributed by atoms with Crippen LogP contribution in [-0.2, 0) is 9.59 Å². The minimum absolute atomic E-state index is 0.0549. The van der Waals surface area contributed by atoms with Gasteiger partial charge < -0.3 is 20.9 Å². The van der Waals surface area contributed by atoms with E-state index in [1.54, 1.807) is 0 Å². The van der Waals surface area contributed by atoms with Crippen LogP contribution in [0, 0.1) is 11.7 Å². The molecule has 3 amide bonds. The van der Waals surface area contributed by atoms with Crippen LogP contribution in [-0.4, -0.2) is 59.9 Å². The lowest BCUT2D eigenvalue weighted by Gasteiger charge is -2.43. The van der Waals surface area contributed by atoms with Crippen LogP contribution in [0.2, 0.25) is 0 Å². The summed E-state index contributed by atoms with van der Waals surface area (Å²) < 4.78 is 13.1. The highest BCUT2D eigenvalue weighted by atomic mass is 19.1. The van der Waals surface area contributed by atoms with Crippen molar-refractivity contribution in [2.45, 2.75) is 25.4 Å². The number of hydrogen-bond acceptors (Lipinski definition) is 4. The van der Waals surface area contributed by atoms with Crippen LogP contribution in [0.4, 0.5) is 4.39 Å². The molecule has 3 N–H and O–H groups in total. The van der Waals surface area contributed by atoms with Gasteiger partial charge in [-0.15, -0.1) is 0 Å². The van der Waals surface area contributed by atoms with Gasteiger partial charge in [0.05, 0.1) is 0 Å². The Labute approximate surface area is 151 Å². The summed E-state index contributed by atoms with van der Waals surface area (Å²) >= 11 is 0. The van der Waals surface area contributed by atoms with Crippen molar-refractivity contribution >= 4 is 17.7 Å². The van der Waals surface area contributed by atoms with Gasteiger partial charge in [-0.3, -0.25) is 14.4 Å². The lowest BCUT2D eigenvalue weighted by atomic mass is 10.1. The van der Waals surface area contributed by atoms with E-state index in [9.17, 15) is 18.8 Å². The highest BCUT2D eigenvalue weighted by molar-refractivity contribution is 5.99. The number of nitrogens with zero attached hydrogens (tertiary/aromatic N) is 2. The lowest BCUT2D eigenvalue weighted by molar-refractivity contribution is -0.150. The predicted molar refractivity (Wildman–Crippen MR) is 92.3 cm³/mol. The average Bonchev–Trinajstić information content (AvgIpc) is 3.50. The Morgan fingerprint density at radius 1 is 1.12 bits per heavy atom. The highest BCUT2D eigenvalue weighted by Gasteiger charge is 2.44. The lowest BCUT2D eigenvalue weighted by Crippen LogP contribution is -2.64. The fourth-order valence-electron chi connectivity index (χ4n) is 3.16. The van der Waals surface area contributed by atoms with Crippen molar-refractivity contribution in [1.82, 2.24) is 15.1 Å². The number of amides is 3. The van der Waals surface area contributed by atoms with E-state index >= 15 is 0 Å². The van der Waals surface area contributed by atoms with Crippen molar-refractivity contribution in [2.24, 2.45) is 11.7 Å². The van der Waals surface area contributed by atoms with Gasteiger partial charge in [0.2, 0.25) is 5.91 Å². The first-order valence-electron chi connectivity index (χ1n) is 8.87. The summed E-state index contributed by atoms with van der Waals surface area (Å²) in [5.74, 6) is -1.40. The second-order valence-corrected chi connectivity index (χ2v) is 6.62. The summed E-state index contributed by atoms with van der Waals surface area (Å²) in [7, 11) is 0. The van der Waals surface area contributed by atoms with Crippen LogP contribution in [0.15, 0.2) is 24.3 Å². The second kappa shape index (κ2) is 7.82. The van der Waals surface area contributed by atoms with Gasteiger partial charge in [-0.05, 0) is 43.5 Å². The van der Waals surface area contributed by atoms with Gasteiger partial charge in [-0.2, -0.15) is 0 Å². The quantitative estimate of drug-likeness (QED) is 0.788. The summed E-state index contributed by atoms with van der Waals surface area (Å²) in [5, 5.41) is 2.68. The number of benzene rings is 1. The van der Waals surface area contributed by atoms with E-state index in [-0.39, 0.29) is 30.5 Å². The first-order valence-corrected chi connectivity index (χ1v) is 8.87. The minimum atomic E-state index is -0.999. The molecule has 0 radical (unpaired) electrons. The number of nitrogens with one attached hydrogen (secondary N) is 1. The number of carbonyl (C=O) groups excluding carboxylic acids is 3. The van der Waals surface area contributed by atoms with Crippen molar-refractivity contribution in [2.75, 3.05) is 26.2 Å². The first kappa shape index (κ1) is 18.3. The highest BCUT2D eigenvalue weighted by Crippen LogP contribution is 2.33. The number of hydrogen-bond donors (Lipinski definition) is 2. The summed E-state index contributed by atoms with van der Waals surface area (Å²) in [6, 6.07) is 5.17. The standard InChI is InChI=1S/C18H23FN4O3/c19-14-6-4-13(5-7-14)18(26)23-11-1-10-22(17(25)12-2-3-12)16(23)15(24)21-9-8-20/h4-7,12,16H,1-3,8-11,20H2,(H,21,24). The van der Waals surface area contributed by atoms with Crippen molar-refractivity contribution in [3.63, 3.8) is 0 Å². The van der Waals surface area contributed by atoms with E-state index in [0.29, 0.717) is 19.5 Å². The zero-order chi connectivity index (χ0) is 18.7. The van der Waals surface area contributed by atoms with Crippen LogP contribution in [0.3, 0.4) is 0 Å². The molecule has 26 heavy (non-hydrogen) atoms. The number of nitrogens with two attached hydrogens (primary N) is 1. The maximum Gasteiger partial charge on any atom is 0.263 e. The smallest absolute Gasteiger partial charge is 0.263 e. The summed E-state index contributed by atoms with van der Waals surface area (Å²) in [6.45, 7) is 1.31. The molecule has 3 rings (SSSR count). The van der Waals surface area contributed by atoms with Crippen molar-refractivity contribution in [1.29, 1.82) is 0 Å². The van der Waals surface area contributed by atoms with E-state index in [1.807, 2.05) is 0 Å². The molecular formula is C18H23FN4O3. The Kier molecular flexibility index (Phi) is 5.51. The van der Waals surface area contributed by atoms with E-state index in [1.165, 1.54) is 34.1 Å². The van der Waals surface area contributed by atoms with Crippen LogP contribution in [0.25, 0.3) is 0 Å². The average molecular weight is 362 g/mol. The van der Waals surface area contributed by atoms with E-state index in [0.717, 1.165) is 12.8 Å². The van der Waals surface area contributed by atoms with Gasteiger partial charge in [0, 0.05) is 37.7 Å². The molecule has 1 saturated carbocycles. The molecule has 1 aromatic carbocycles. The Morgan fingerprint density at radius 3 is 2.38 bits per heavy atom. The van der Waals surface area contributed by atoms with E-state index in [2.05, 4.69) is 5.32 Å². The first-order chi connectivity index (χ1) is 12.5. The molecule has 0 aromatic heterocycles. The molecule has 1 unspecified atom stereocenters. The molecule has 0 spiro atoms. The zero-order valence-corrected chi connectivity index (χ0v) is 14.5. The number of rotatable bonds is 5. The summed E-state index contributed by atoms with van der Waals surface area (Å²) in [6.07, 6.45) is 1.23. The molecule has 1 aliphatic carbocycles. The zero-order valence-electron chi connectivity index (χ0n) is 14.5. The molecule has 1 aliphatic heterocycles. The van der Waals surface area contributed by atoms with Crippen LogP contribution in [0.1, 0.15) is 29.6 Å². The maximum atomic E-state index is 13.1. The molecule has 7 nitrogen and oxygen atoms in total. The maximum absolute atomic E-state index is 13.1. The molecule has 8 heteroatoms. The topological polar surface area (TPSA) is 95.7 Å². The van der Waals surface area contributed by atoms with Crippen LogP contribution >= 0.6 is 0 Å². The third-order valence-electron chi connectivity index (χ3n) is 4.63. The minimum Gasteiger partial charge on any atom is -0.351 e. The van der Waals surface area contributed by atoms with Gasteiger partial charge in [-0.1, -0.05) is 0 Å². The Hall–Kier alpha value is -2.48. The fraction of sp³-hybridized carbons (Fsp3) is 0.500. The Balaban J connectivity index is 1.86. The van der Waals surface area contributed by atoms with Crippen molar-refractivity contribution in [3.8, 4) is 0 Å². The SMILES string of the molecule is NCCNC(=O)C1N(C(=O)c2ccc(F)cc2)CCCN1C(=O)C1CC1. The largest absolute Gasteiger partial charge is 0.351 e. The van der Waals surface area contributed by atoms with Gasteiger partial charge in [0.25, 0.3) is 11.8 Å². The van der Waals surface area contributed by atoms with Gasteiger partial charge in [0.15, 0.2) is 6.17 Å². The molecule has 1 saturated heterocycles. The van der Waals surface area contributed by atoms with Gasteiger partial charge in [0.1, 0.15) is 5.82 Å². The third-order valence-corrected chi connectivity index (χ3v) is 4.63. The van der Waals surface area contributed by atoms with Crippen molar-refractivity contribution < 1.29 is 18.8 Å². The summed E-state index contributed by atoms with van der Waals surface area (Å²) in [5.41, 5.74) is 5.73. The molecule has 1 aromatic rings. The molecule has 1 atom stereocenters. The normalized spacial score (nSPS) is 20.0. The number of halogens is 1. The van der Waals surface area contributed by atoms with E-state index < -0.39 is 23.8 Å². The van der Waals surface area contributed by atoms with E-state index in [4.69, 9.17) is 5.73 Å². The van der Waals surface area contributed by atoms with Gasteiger partial charge >= 0.3 is 0 Å². The molecular weight excluding hydrogens is 339 g/mol. The number of carbonyl (C=O) groups is 3. The molecule has 1 heterocycles. The Morgan fingerprint density at radius 2 is 1.77 bits per heavy atom. The molecule has 0 bridgehead atoms. The molecule has 2 aliphatic rings. The monoisotopic (exact) mass is 362 g/mol. The third kappa shape index (κ3) is 3.85. The second-order valence-electron chi connectivity index (χ2n) is 6.62. The predicted octanol–water partition coefficient (Wildman–Crippen LogP) is 0.311. The Bertz CT molecular complexity index is 690. The van der Waals surface area contributed by atoms with Crippen LogP contribution in [0.5, 0.6) is 0 Å². The summed E-state index contributed by atoms with van der Waals surface area (Å²) in [4.78, 5) is 41.1. The molecule has 2 fully saturated rings. The molecule has 140 valence electrons. The fourth-order valence-corrected chi connectivity index (χ4v) is 3.16. The van der Waals surface area contributed by atoms with Gasteiger partial charge in [-0.25, -0.2) is 4.39 Å². The van der Waals surface area contributed by atoms with Crippen molar-refractivity contribution in [3.05, 3.63) is 35.6 Å².